The second kappa shape index (κ2) is 8.79. The molecule has 0 saturated carbocycles. The molecule has 25 heavy (non-hydrogen) atoms. The Morgan fingerprint density at radius 1 is 1.32 bits per heavy atom. The number of hydrogen-bond acceptors (Lipinski definition) is 8. The Morgan fingerprint density at radius 3 is 2.64 bits per heavy atom. The topological polar surface area (TPSA) is 82.2 Å². The van der Waals surface area contributed by atoms with Crippen molar-refractivity contribution >= 4 is 47.1 Å². The van der Waals surface area contributed by atoms with Crippen LogP contribution in [-0.4, -0.2) is 93.4 Å². The van der Waals surface area contributed by atoms with Gasteiger partial charge in [-0.05, 0) is 0 Å². The fourth-order valence-electron chi connectivity index (χ4n) is 2.69. The van der Waals surface area contributed by atoms with Crippen LogP contribution in [0.4, 0.5) is 0 Å². The van der Waals surface area contributed by atoms with Crippen molar-refractivity contribution in [2.75, 3.05) is 45.5 Å². The summed E-state index contributed by atoms with van der Waals surface area (Å²) < 4.78 is 29.6. The van der Waals surface area contributed by atoms with Crippen LogP contribution in [-0.2, 0) is 19.2 Å². The first-order valence-electron chi connectivity index (χ1n) is 8.18. The number of likely N-dealkylation sites (N-methyl/N-ethyl adjacent to an activating group) is 2. The standard InChI is InChI=1S/C14H24N4O4S2Se/c1-4-15-22-24(20,21)10-6-7-17-9-8-16(3)12(17)11-13(19)18(5-2)14(23)25-11/h15H,4-10H2,1-3H3/b12-11+. The minimum absolute atomic E-state index is 0.00986. The Hall–Kier alpha value is -0.711. The third kappa shape index (κ3) is 4.93. The van der Waals surface area contributed by atoms with Crippen molar-refractivity contribution in [1.29, 1.82) is 0 Å². The molecule has 2 rings (SSSR count). The Kier molecular flexibility index (Phi) is 7.24. The van der Waals surface area contributed by atoms with E-state index in [1.807, 2.05) is 14.0 Å². The van der Waals surface area contributed by atoms with E-state index in [1.54, 1.807) is 11.8 Å². The molecule has 2 aliphatic rings. The van der Waals surface area contributed by atoms with Crippen molar-refractivity contribution in [3.8, 4) is 0 Å². The summed E-state index contributed by atoms with van der Waals surface area (Å²) >= 11 is 5.18. The first kappa shape index (κ1) is 20.6. The van der Waals surface area contributed by atoms with Crippen molar-refractivity contribution in [3.05, 3.63) is 10.3 Å². The average molecular weight is 455 g/mol. The molecule has 0 atom stereocenters. The van der Waals surface area contributed by atoms with Gasteiger partial charge >= 0.3 is 161 Å². The number of hydroxylamine groups is 1. The predicted molar refractivity (Wildman–Crippen MR) is 100 cm³/mol. The first-order chi connectivity index (χ1) is 11.8. The number of rotatable bonds is 8. The number of thiocarbonyl (C=S) groups is 1. The number of nitrogens with zero attached hydrogens (tertiary/aromatic N) is 3. The molecule has 2 heterocycles. The molecule has 8 nitrogen and oxygen atoms in total. The van der Waals surface area contributed by atoms with Crippen LogP contribution < -0.4 is 5.48 Å². The maximum atomic E-state index is 12.6. The van der Waals surface area contributed by atoms with Crippen molar-refractivity contribution < 1.29 is 17.5 Å². The molecule has 0 aromatic heterocycles. The van der Waals surface area contributed by atoms with Gasteiger partial charge in [0.05, 0.1) is 0 Å². The molecule has 0 spiro atoms. The maximum absolute atomic E-state index is 12.6. The summed E-state index contributed by atoms with van der Waals surface area (Å²) in [4.78, 5) is 18.4. The third-order valence-electron chi connectivity index (χ3n) is 3.89. The van der Waals surface area contributed by atoms with E-state index in [0.29, 0.717) is 29.9 Å². The van der Waals surface area contributed by atoms with Crippen molar-refractivity contribution in [1.82, 2.24) is 20.2 Å². The van der Waals surface area contributed by atoms with Crippen LogP contribution in [0, 0.1) is 0 Å². The minimum atomic E-state index is -3.58. The van der Waals surface area contributed by atoms with Gasteiger partial charge in [-0.1, -0.05) is 0 Å². The summed E-state index contributed by atoms with van der Waals surface area (Å²) in [6.45, 7) is 6.82. The molecule has 0 aromatic rings. The number of carbonyl (C=O) groups is 1. The van der Waals surface area contributed by atoms with Crippen LogP contribution in [0.1, 0.15) is 20.3 Å². The van der Waals surface area contributed by atoms with Gasteiger partial charge < -0.3 is 0 Å². The quantitative estimate of drug-likeness (QED) is 0.228. The van der Waals surface area contributed by atoms with Gasteiger partial charge in [-0.2, -0.15) is 0 Å². The zero-order chi connectivity index (χ0) is 18.6. The van der Waals surface area contributed by atoms with E-state index in [4.69, 9.17) is 12.2 Å². The summed E-state index contributed by atoms with van der Waals surface area (Å²) in [5, 5.41) is 0. The summed E-state index contributed by atoms with van der Waals surface area (Å²) in [5.74, 6) is 0.819. The summed E-state index contributed by atoms with van der Waals surface area (Å²) in [7, 11) is -1.62. The number of hydrogen-bond donors (Lipinski definition) is 1. The van der Waals surface area contributed by atoms with Gasteiger partial charge in [-0.25, -0.2) is 0 Å². The van der Waals surface area contributed by atoms with Gasteiger partial charge in [0.25, 0.3) is 0 Å². The van der Waals surface area contributed by atoms with E-state index in [9.17, 15) is 13.2 Å². The number of amides is 1. The SMILES string of the molecule is CCNOS(=O)(=O)CCCN1CCN(C)/C1=C1\[Se]C(=S)N(CC)C1=O. The van der Waals surface area contributed by atoms with Crippen molar-refractivity contribution in [2.45, 2.75) is 20.3 Å². The van der Waals surface area contributed by atoms with E-state index < -0.39 is 10.1 Å². The molecular weight excluding hydrogens is 431 g/mol. The molecule has 1 amide bonds. The molecule has 142 valence electrons. The van der Waals surface area contributed by atoms with Gasteiger partial charge in [-0.3, -0.25) is 0 Å². The van der Waals surface area contributed by atoms with Crippen LogP contribution in [0.15, 0.2) is 10.3 Å². The van der Waals surface area contributed by atoms with E-state index in [0.717, 1.165) is 23.4 Å². The Balaban J connectivity index is 2.05. The Morgan fingerprint density at radius 2 is 2.04 bits per heavy atom. The third-order valence-corrected chi connectivity index (χ3v) is 7.71. The normalized spacial score (nSPS) is 21.8. The van der Waals surface area contributed by atoms with Gasteiger partial charge in [0.1, 0.15) is 0 Å². The van der Waals surface area contributed by atoms with Gasteiger partial charge in [0, 0.05) is 0 Å². The zero-order valence-corrected chi connectivity index (χ0v) is 18.0. The fraction of sp³-hybridized carbons (Fsp3) is 0.714. The fourth-order valence-corrected chi connectivity index (χ4v) is 6.44. The van der Waals surface area contributed by atoms with Gasteiger partial charge in [0.2, 0.25) is 0 Å². The molecule has 0 bridgehead atoms. The molecule has 1 N–H and O–H groups in total. The molecule has 0 radical (unpaired) electrons. The van der Waals surface area contributed by atoms with Crippen molar-refractivity contribution in [2.24, 2.45) is 0 Å². The second-order valence-corrected chi connectivity index (χ2v) is 10.4. The van der Waals surface area contributed by atoms with E-state index in [-0.39, 0.29) is 26.6 Å². The Bertz CT molecular complexity index is 668. The first-order valence-corrected chi connectivity index (χ1v) is 11.9. The molecule has 0 aliphatic carbocycles. The van der Waals surface area contributed by atoms with Crippen LogP contribution in [0.2, 0.25) is 0 Å². The molecule has 2 saturated heterocycles. The zero-order valence-electron chi connectivity index (χ0n) is 14.6. The predicted octanol–water partition coefficient (Wildman–Crippen LogP) is -0.485. The number of nitrogens with one attached hydrogen (secondary N) is 1. The van der Waals surface area contributed by atoms with Gasteiger partial charge in [-0.15, -0.1) is 0 Å². The second-order valence-electron chi connectivity index (χ2n) is 5.68. The molecule has 2 fully saturated rings. The van der Waals surface area contributed by atoms with Crippen LogP contribution >= 0.6 is 12.2 Å². The monoisotopic (exact) mass is 456 g/mol. The molecule has 0 aromatic carbocycles. The molecule has 0 unspecified atom stereocenters. The summed E-state index contributed by atoms with van der Waals surface area (Å²) in [5.41, 5.74) is 2.37. The van der Waals surface area contributed by atoms with E-state index >= 15 is 0 Å². The summed E-state index contributed by atoms with van der Waals surface area (Å²) in [6.07, 6.45) is 0.432. The number of carbonyl (C=O) groups excluding carboxylic acids is 1. The van der Waals surface area contributed by atoms with Crippen LogP contribution in [0.5, 0.6) is 0 Å². The van der Waals surface area contributed by atoms with Crippen LogP contribution in [0.3, 0.4) is 0 Å². The Labute approximate surface area is 160 Å². The van der Waals surface area contributed by atoms with Crippen molar-refractivity contribution in [3.63, 3.8) is 0 Å². The summed E-state index contributed by atoms with van der Waals surface area (Å²) in [6, 6.07) is 0. The molecule has 11 heteroatoms. The average Bonchev–Trinajstić information content (AvgIpc) is 3.04. The molecular formula is C14H24N4O4S2Se. The van der Waals surface area contributed by atoms with E-state index in [2.05, 4.69) is 19.6 Å². The van der Waals surface area contributed by atoms with E-state index in [1.165, 1.54) is 0 Å². The molecule has 2 aliphatic heterocycles. The van der Waals surface area contributed by atoms with Gasteiger partial charge in [0.15, 0.2) is 0 Å². The van der Waals surface area contributed by atoms with Crippen LogP contribution in [0.25, 0.3) is 0 Å².